The number of rotatable bonds is 4. The molecule has 0 saturated carbocycles. The van der Waals surface area contributed by atoms with E-state index in [9.17, 15) is 9.90 Å². The molecular formula is C17H24ClN3O2. The number of aliphatic hydroxyl groups excluding tert-OH is 1. The molecule has 1 aromatic rings. The van der Waals surface area contributed by atoms with Gasteiger partial charge in [-0.2, -0.15) is 0 Å². The van der Waals surface area contributed by atoms with Crippen molar-refractivity contribution in [1.82, 2.24) is 15.5 Å². The molecule has 5 nitrogen and oxygen atoms in total. The summed E-state index contributed by atoms with van der Waals surface area (Å²) in [4.78, 5) is 14.6. The minimum atomic E-state index is -0.396. The minimum Gasteiger partial charge on any atom is -0.392 e. The van der Waals surface area contributed by atoms with Crippen LogP contribution in [-0.2, 0) is 11.3 Å². The van der Waals surface area contributed by atoms with Crippen molar-refractivity contribution in [2.24, 2.45) is 0 Å². The molecule has 3 rings (SSSR count). The number of nitrogens with zero attached hydrogens (tertiary/aromatic N) is 1. The van der Waals surface area contributed by atoms with E-state index >= 15 is 0 Å². The van der Waals surface area contributed by atoms with Crippen LogP contribution in [-0.4, -0.2) is 53.7 Å². The lowest BCUT2D eigenvalue weighted by Crippen LogP contribution is -2.49. The summed E-state index contributed by atoms with van der Waals surface area (Å²) in [5.41, 5.74) is 1.26. The Morgan fingerprint density at radius 2 is 2.00 bits per heavy atom. The molecule has 126 valence electrons. The van der Waals surface area contributed by atoms with Crippen molar-refractivity contribution in [1.29, 1.82) is 0 Å². The van der Waals surface area contributed by atoms with Crippen LogP contribution >= 0.6 is 11.6 Å². The van der Waals surface area contributed by atoms with Crippen molar-refractivity contribution in [3.8, 4) is 0 Å². The molecule has 0 unspecified atom stereocenters. The molecule has 0 aromatic heterocycles. The topological polar surface area (TPSA) is 64.6 Å². The maximum Gasteiger partial charge on any atom is 0.237 e. The number of carbonyl (C=O) groups excluding carboxylic acids is 1. The molecule has 1 aromatic carbocycles. The van der Waals surface area contributed by atoms with Crippen molar-refractivity contribution in [3.05, 3.63) is 34.9 Å². The van der Waals surface area contributed by atoms with Gasteiger partial charge in [-0.1, -0.05) is 23.7 Å². The number of benzene rings is 1. The molecule has 0 aliphatic carbocycles. The van der Waals surface area contributed by atoms with Crippen LogP contribution in [0, 0.1) is 0 Å². The zero-order valence-electron chi connectivity index (χ0n) is 13.2. The smallest absolute Gasteiger partial charge is 0.237 e. The van der Waals surface area contributed by atoms with E-state index < -0.39 is 6.10 Å². The summed E-state index contributed by atoms with van der Waals surface area (Å²) in [7, 11) is 0. The first kappa shape index (κ1) is 16.7. The second-order valence-corrected chi connectivity index (χ2v) is 6.97. The second-order valence-electron chi connectivity index (χ2n) is 6.54. The van der Waals surface area contributed by atoms with Gasteiger partial charge >= 0.3 is 0 Å². The molecule has 3 N–H and O–H groups in total. The number of carbonyl (C=O) groups is 1. The quantitative estimate of drug-likeness (QED) is 0.771. The van der Waals surface area contributed by atoms with E-state index in [0.717, 1.165) is 37.5 Å². The lowest BCUT2D eigenvalue weighted by atomic mass is 10.0. The van der Waals surface area contributed by atoms with Gasteiger partial charge in [-0.15, -0.1) is 0 Å². The van der Waals surface area contributed by atoms with Crippen LogP contribution in [0.2, 0.25) is 5.02 Å². The Morgan fingerprint density at radius 3 is 2.61 bits per heavy atom. The second kappa shape index (κ2) is 7.62. The van der Waals surface area contributed by atoms with Gasteiger partial charge in [0.15, 0.2) is 0 Å². The first-order valence-corrected chi connectivity index (χ1v) is 8.66. The molecule has 2 aliphatic heterocycles. The molecule has 2 atom stereocenters. The largest absolute Gasteiger partial charge is 0.392 e. The molecule has 0 bridgehead atoms. The fourth-order valence-electron chi connectivity index (χ4n) is 3.30. The summed E-state index contributed by atoms with van der Waals surface area (Å²) in [5.74, 6) is 0.0256. The van der Waals surface area contributed by atoms with E-state index in [-0.39, 0.29) is 18.0 Å². The Kier molecular flexibility index (Phi) is 5.54. The van der Waals surface area contributed by atoms with E-state index in [2.05, 4.69) is 27.7 Å². The van der Waals surface area contributed by atoms with Crippen molar-refractivity contribution >= 4 is 17.5 Å². The van der Waals surface area contributed by atoms with Crippen LogP contribution in [0.25, 0.3) is 0 Å². The van der Waals surface area contributed by atoms with E-state index in [1.54, 1.807) is 0 Å². The lowest BCUT2D eigenvalue weighted by Gasteiger charge is -2.32. The fraction of sp³-hybridized carbons (Fsp3) is 0.588. The van der Waals surface area contributed by atoms with Gasteiger partial charge in [0.25, 0.3) is 0 Å². The normalized spacial score (nSPS) is 26.3. The minimum absolute atomic E-state index is 0.0256. The zero-order valence-corrected chi connectivity index (χ0v) is 13.9. The van der Waals surface area contributed by atoms with Crippen LogP contribution in [0.1, 0.15) is 24.8 Å². The fourth-order valence-corrected chi connectivity index (χ4v) is 3.43. The molecule has 23 heavy (non-hydrogen) atoms. The van der Waals surface area contributed by atoms with Crippen molar-refractivity contribution < 1.29 is 9.90 Å². The van der Waals surface area contributed by atoms with Gasteiger partial charge in [0.05, 0.1) is 12.1 Å². The number of nitrogens with one attached hydrogen (secondary N) is 2. The number of hydrogen-bond acceptors (Lipinski definition) is 4. The Morgan fingerprint density at radius 1 is 1.30 bits per heavy atom. The maximum atomic E-state index is 12.2. The molecule has 2 heterocycles. The predicted octanol–water partition coefficient (Wildman–Crippen LogP) is 1.14. The Bertz CT molecular complexity index is 529. The highest BCUT2D eigenvalue weighted by molar-refractivity contribution is 6.30. The number of piperidine rings is 1. The predicted molar refractivity (Wildman–Crippen MR) is 90.3 cm³/mol. The molecule has 1 amide bonds. The SMILES string of the molecule is O=C(NC1CCN(Cc2ccc(Cl)cc2)CC1)[C@@H]1C[C@H](O)CN1. The Hall–Kier alpha value is -1.14. The van der Waals surface area contributed by atoms with Crippen LogP contribution in [0.15, 0.2) is 24.3 Å². The number of aliphatic hydroxyl groups is 1. The first-order chi connectivity index (χ1) is 11.1. The van der Waals surface area contributed by atoms with Gasteiger partial charge in [0, 0.05) is 37.2 Å². The lowest BCUT2D eigenvalue weighted by molar-refractivity contribution is -0.124. The third-order valence-electron chi connectivity index (χ3n) is 4.68. The van der Waals surface area contributed by atoms with E-state index in [1.165, 1.54) is 5.56 Å². The van der Waals surface area contributed by atoms with Gasteiger partial charge in [-0.25, -0.2) is 0 Å². The summed E-state index contributed by atoms with van der Waals surface area (Å²) < 4.78 is 0. The zero-order chi connectivity index (χ0) is 16.2. The summed E-state index contributed by atoms with van der Waals surface area (Å²) in [5, 5.41) is 16.4. The molecule has 2 fully saturated rings. The number of β-amino-alcohol motifs (C(OH)–C–C–N with tert-alkyl or cyclic N) is 1. The van der Waals surface area contributed by atoms with Crippen LogP contribution in [0.3, 0.4) is 0 Å². The maximum absolute atomic E-state index is 12.2. The molecule has 0 spiro atoms. The van der Waals surface area contributed by atoms with Gasteiger partial charge in [-0.3, -0.25) is 9.69 Å². The van der Waals surface area contributed by atoms with Crippen LogP contribution in [0.4, 0.5) is 0 Å². The number of hydrogen-bond donors (Lipinski definition) is 3. The third kappa shape index (κ3) is 4.67. The number of amides is 1. The highest BCUT2D eigenvalue weighted by Crippen LogP contribution is 2.16. The van der Waals surface area contributed by atoms with E-state index in [4.69, 9.17) is 11.6 Å². The molecular weight excluding hydrogens is 314 g/mol. The monoisotopic (exact) mass is 337 g/mol. The summed E-state index contributed by atoms with van der Waals surface area (Å²) >= 11 is 5.91. The number of halogens is 1. The van der Waals surface area contributed by atoms with Crippen molar-refractivity contribution in [2.45, 2.75) is 44.0 Å². The van der Waals surface area contributed by atoms with Gasteiger partial charge in [0.2, 0.25) is 5.91 Å². The Labute approximate surface area is 142 Å². The summed E-state index contributed by atoms with van der Waals surface area (Å²) in [6.45, 7) is 3.40. The first-order valence-electron chi connectivity index (χ1n) is 8.29. The van der Waals surface area contributed by atoms with Gasteiger partial charge in [0.1, 0.15) is 0 Å². The highest BCUT2D eigenvalue weighted by atomic mass is 35.5. The molecule has 2 saturated heterocycles. The summed E-state index contributed by atoms with van der Waals surface area (Å²) in [6.07, 6.45) is 2.05. The van der Waals surface area contributed by atoms with Crippen molar-refractivity contribution in [3.63, 3.8) is 0 Å². The third-order valence-corrected chi connectivity index (χ3v) is 4.93. The van der Waals surface area contributed by atoms with E-state index in [1.807, 2.05) is 12.1 Å². The molecule has 6 heteroatoms. The molecule has 0 radical (unpaired) electrons. The van der Waals surface area contributed by atoms with Gasteiger partial charge < -0.3 is 15.7 Å². The van der Waals surface area contributed by atoms with Gasteiger partial charge in [-0.05, 0) is 37.0 Å². The standard InChI is InChI=1S/C17H24ClN3O2/c18-13-3-1-12(2-4-13)11-21-7-5-14(6-8-21)20-17(23)16-9-15(22)10-19-16/h1-4,14-16,19,22H,5-11H2,(H,20,23)/t15-,16-/m0/s1. The summed E-state index contributed by atoms with van der Waals surface area (Å²) in [6, 6.07) is 7.97. The highest BCUT2D eigenvalue weighted by Gasteiger charge is 2.30. The Balaban J connectivity index is 1.41. The van der Waals surface area contributed by atoms with Crippen molar-refractivity contribution in [2.75, 3.05) is 19.6 Å². The van der Waals surface area contributed by atoms with Crippen LogP contribution in [0.5, 0.6) is 0 Å². The number of likely N-dealkylation sites (tertiary alicyclic amines) is 1. The van der Waals surface area contributed by atoms with E-state index in [0.29, 0.717) is 13.0 Å². The molecule has 2 aliphatic rings. The van der Waals surface area contributed by atoms with Crippen LogP contribution < -0.4 is 10.6 Å². The average Bonchev–Trinajstić information content (AvgIpc) is 2.98. The average molecular weight is 338 g/mol.